The number of sulfonamides is 1. The lowest BCUT2D eigenvalue weighted by molar-refractivity contribution is -0.111. The van der Waals surface area contributed by atoms with E-state index < -0.39 is 10.0 Å². The van der Waals surface area contributed by atoms with Crippen molar-refractivity contribution < 1.29 is 13.2 Å². The van der Waals surface area contributed by atoms with Crippen molar-refractivity contribution in [2.75, 3.05) is 10.0 Å². The molecule has 1 amide bonds. The summed E-state index contributed by atoms with van der Waals surface area (Å²) in [5.74, 6) is -0.302. The van der Waals surface area contributed by atoms with Crippen molar-refractivity contribution in [3.8, 4) is 0 Å². The molecule has 2 N–H and O–H groups in total. The zero-order valence-corrected chi connectivity index (χ0v) is 20.5. The summed E-state index contributed by atoms with van der Waals surface area (Å²) in [5, 5.41) is 3.30. The lowest BCUT2D eigenvalue weighted by atomic mass is 10.0. The predicted molar refractivity (Wildman–Crippen MR) is 143 cm³/mol. The summed E-state index contributed by atoms with van der Waals surface area (Å²) in [6.07, 6.45) is 1.82. The van der Waals surface area contributed by atoms with Gasteiger partial charge >= 0.3 is 0 Å². The van der Waals surface area contributed by atoms with Crippen LogP contribution in [0.15, 0.2) is 108 Å². The molecule has 0 heterocycles. The minimum absolute atomic E-state index is 0.0676. The molecule has 0 saturated heterocycles. The first-order chi connectivity index (χ1) is 16.8. The number of nitrogens with one attached hydrogen (secondary N) is 2. The Labute approximate surface area is 210 Å². The third-order valence-electron chi connectivity index (χ3n) is 5.31. The lowest BCUT2D eigenvalue weighted by Gasteiger charge is -2.12. The standard InChI is InChI=1S/C28H23ClN2O3S/c1-20-12-13-23(29)19-27(20)31-35(33,34)25-16-14-24(15-17-25)30-28(32)26(22-10-6-3-7-11-22)18-21-8-4-2-5-9-21/h2-19,31H,1H3,(H,30,32)/b26-18+. The zero-order valence-electron chi connectivity index (χ0n) is 18.9. The minimum atomic E-state index is -3.83. The van der Waals surface area contributed by atoms with Gasteiger partial charge in [-0.3, -0.25) is 9.52 Å². The Balaban J connectivity index is 1.55. The molecule has 0 radical (unpaired) electrons. The number of aryl methyl sites for hydroxylation is 1. The molecule has 4 rings (SSSR count). The van der Waals surface area contributed by atoms with Gasteiger partial charge in [0.1, 0.15) is 0 Å². The maximum atomic E-state index is 13.2. The first-order valence-electron chi connectivity index (χ1n) is 10.8. The minimum Gasteiger partial charge on any atom is -0.322 e. The summed E-state index contributed by atoms with van der Waals surface area (Å²) in [6.45, 7) is 1.79. The summed E-state index contributed by atoms with van der Waals surface area (Å²) < 4.78 is 28.3. The number of amides is 1. The molecule has 0 saturated carbocycles. The van der Waals surface area contributed by atoms with Crippen LogP contribution in [0.25, 0.3) is 11.6 Å². The summed E-state index contributed by atoms with van der Waals surface area (Å²) in [4.78, 5) is 13.3. The Bertz CT molecular complexity index is 1470. The van der Waals surface area contributed by atoms with Crippen LogP contribution in [0.1, 0.15) is 16.7 Å². The van der Waals surface area contributed by atoms with Crippen molar-refractivity contribution >= 4 is 50.6 Å². The van der Waals surface area contributed by atoms with Crippen LogP contribution < -0.4 is 10.0 Å². The van der Waals surface area contributed by atoms with Crippen LogP contribution in [-0.2, 0) is 14.8 Å². The Morgan fingerprint density at radius 2 is 1.46 bits per heavy atom. The molecular weight excluding hydrogens is 480 g/mol. The third-order valence-corrected chi connectivity index (χ3v) is 6.92. The fraction of sp³-hybridized carbons (Fsp3) is 0.0357. The van der Waals surface area contributed by atoms with Crippen molar-refractivity contribution in [3.63, 3.8) is 0 Å². The summed E-state index contributed by atoms with van der Waals surface area (Å²) in [6, 6.07) is 29.9. The van der Waals surface area contributed by atoms with Crippen LogP contribution in [0, 0.1) is 6.92 Å². The zero-order chi connectivity index (χ0) is 24.8. The number of hydrogen-bond acceptors (Lipinski definition) is 3. The van der Waals surface area contributed by atoms with Crippen LogP contribution in [0.3, 0.4) is 0 Å². The normalized spacial score (nSPS) is 11.7. The van der Waals surface area contributed by atoms with Crippen molar-refractivity contribution in [3.05, 3.63) is 125 Å². The molecule has 0 aliphatic rings. The number of anilines is 2. The molecule has 0 bridgehead atoms. The molecule has 0 unspecified atom stereocenters. The first-order valence-corrected chi connectivity index (χ1v) is 12.7. The molecule has 4 aromatic carbocycles. The van der Waals surface area contributed by atoms with Gasteiger partial charge in [-0.15, -0.1) is 0 Å². The number of hydrogen-bond donors (Lipinski definition) is 2. The Morgan fingerprint density at radius 3 is 2.11 bits per heavy atom. The monoisotopic (exact) mass is 502 g/mol. The van der Waals surface area contributed by atoms with E-state index in [9.17, 15) is 13.2 Å². The van der Waals surface area contributed by atoms with Crippen LogP contribution in [-0.4, -0.2) is 14.3 Å². The number of rotatable bonds is 7. The fourth-order valence-corrected chi connectivity index (χ4v) is 4.73. The number of carbonyl (C=O) groups excluding carboxylic acids is 1. The van der Waals surface area contributed by atoms with E-state index in [-0.39, 0.29) is 10.8 Å². The van der Waals surface area contributed by atoms with Gasteiger partial charge in [-0.1, -0.05) is 78.3 Å². The molecule has 0 spiro atoms. The van der Waals surface area contributed by atoms with Gasteiger partial charge < -0.3 is 5.32 Å². The van der Waals surface area contributed by atoms with Gasteiger partial charge in [-0.05, 0) is 66.1 Å². The summed E-state index contributed by atoms with van der Waals surface area (Å²) in [7, 11) is -3.83. The highest BCUT2D eigenvalue weighted by molar-refractivity contribution is 7.92. The average molecular weight is 503 g/mol. The van der Waals surface area contributed by atoms with Crippen LogP contribution in [0.5, 0.6) is 0 Å². The first kappa shape index (κ1) is 24.3. The van der Waals surface area contributed by atoms with Gasteiger partial charge in [0.25, 0.3) is 15.9 Å². The van der Waals surface area contributed by atoms with E-state index in [1.54, 1.807) is 37.3 Å². The predicted octanol–water partition coefficient (Wildman–Crippen LogP) is 6.63. The molecule has 35 heavy (non-hydrogen) atoms. The Hall–Kier alpha value is -3.87. The van der Waals surface area contributed by atoms with Gasteiger partial charge in [0.2, 0.25) is 0 Å². The highest BCUT2D eigenvalue weighted by atomic mass is 35.5. The van der Waals surface area contributed by atoms with Crippen LogP contribution in [0.4, 0.5) is 11.4 Å². The molecule has 4 aromatic rings. The number of carbonyl (C=O) groups is 1. The topological polar surface area (TPSA) is 75.3 Å². The number of benzene rings is 4. The summed E-state index contributed by atoms with van der Waals surface area (Å²) >= 11 is 6.00. The largest absolute Gasteiger partial charge is 0.322 e. The van der Waals surface area contributed by atoms with Crippen LogP contribution >= 0.6 is 11.6 Å². The van der Waals surface area contributed by atoms with Crippen molar-refractivity contribution in [1.29, 1.82) is 0 Å². The van der Waals surface area contributed by atoms with Gasteiger partial charge in [-0.25, -0.2) is 8.42 Å². The quantitative estimate of drug-likeness (QED) is 0.220. The second-order valence-corrected chi connectivity index (χ2v) is 10.00. The Kier molecular flexibility index (Phi) is 7.34. The maximum Gasteiger partial charge on any atom is 0.261 e. The highest BCUT2D eigenvalue weighted by Crippen LogP contribution is 2.25. The van der Waals surface area contributed by atoms with Gasteiger partial charge in [0.15, 0.2) is 0 Å². The molecule has 176 valence electrons. The van der Waals surface area contributed by atoms with E-state index >= 15 is 0 Å². The fourth-order valence-electron chi connectivity index (χ4n) is 3.44. The summed E-state index contributed by atoms with van der Waals surface area (Å²) in [5.41, 5.74) is 3.79. The smallest absolute Gasteiger partial charge is 0.261 e. The SMILES string of the molecule is Cc1ccc(Cl)cc1NS(=O)(=O)c1ccc(NC(=O)/C(=C/c2ccccc2)c2ccccc2)cc1. The molecule has 0 aromatic heterocycles. The molecule has 0 fully saturated rings. The van der Waals surface area contributed by atoms with Crippen molar-refractivity contribution in [1.82, 2.24) is 0 Å². The third kappa shape index (κ3) is 6.18. The van der Waals surface area contributed by atoms with Gasteiger partial charge in [-0.2, -0.15) is 0 Å². The van der Waals surface area contributed by atoms with E-state index in [4.69, 9.17) is 11.6 Å². The molecule has 7 heteroatoms. The molecule has 0 aliphatic carbocycles. The maximum absolute atomic E-state index is 13.2. The van der Waals surface area contributed by atoms with E-state index in [0.717, 1.165) is 16.7 Å². The highest BCUT2D eigenvalue weighted by Gasteiger charge is 2.17. The van der Waals surface area contributed by atoms with E-state index in [0.29, 0.717) is 22.0 Å². The second kappa shape index (κ2) is 10.6. The molecular formula is C28H23ClN2O3S. The van der Waals surface area contributed by atoms with Crippen LogP contribution in [0.2, 0.25) is 5.02 Å². The average Bonchev–Trinajstić information content (AvgIpc) is 2.86. The second-order valence-electron chi connectivity index (χ2n) is 7.88. The van der Waals surface area contributed by atoms with E-state index in [2.05, 4.69) is 10.0 Å². The Morgan fingerprint density at radius 1 is 0.829 bits per heavy atom. The van der Waals surface area contributed by atoms with E-state index in [1.165, 1.54) is 12.1 Å². The van der Waals surface area contributed by atoms with E-state index in [1.807, 2.05) is 66.7 Å². The van der Waals surface area contributed by atoms with Crippen molar-refractivity contribution in [2.24, 2.45) is 0 Å². The molecule has 0 atom stereocenters. The van der Waals surface area contributed by atoms with Gasteiger partial charge in [0, 0.05) is 16.3 Å². The van der Waals surface area contributed by atoms with Crippen molar-refractivity contribution in [2.45, 2.75) is 11.8 Å². The lowest BCUT2D eigenvalue weighted by Crippen LogP contribution is -2.15. The van der Waals surface area contributed by atoms with Gasteiger partial charge in [0.05, 0.1) is 10.6 Å². The molecule has 0 aliphatic heterocycles. The molecule has 5 nitrogen and oxygen atoms in total. The number of halogens is 1.